The summed E-state index contributed by atoms with van der Waals surface area (Å²) in [5, 5.41) is 13.7. The van der Waals surface area contributed by atoms with Gasteiger partial charge in [-0.25, -0.2) is 14.0 Å². The maximum absolute atomic E-state index is 13.6. The number of benzene rings is 1. The van der Waals surface area contributed by atoms with Crippen molar-refractivity contribution in [3.05, 3.63) is 29.6 Å². The van der Waals surface area contributed by atoms with Crippen molar-refractivity contribution < 1.29 is 23.8 Å². The number of nitrogens with one attached hydrogen (secondary N) is 2. The highest BCUT2D eigenvalue weighted by atomic mass is 19.1. The predicted octanol–water partition coefficient (Wildman–Crippen LogP) is 1.43. The first-order valence-electron chi connectivity index (χ1n) is 5.75. The minimum Gasteiger partial charge on any atom is -0.478 e. The third kappa shape index (κ3) is 3.19. The zero-order valence-electron chi connectivity index (χ0n) is 9.98. The molecule has 2 rings (SSSR count). The van der Waals surface area contributed by atoms with E-state index < -0.39 is 17.8 Å². The molecule has 102 valence electrons. The van der Waals surface area contributed by atoms with Crippen LogP contribution in [0.25, 0.3) is 0 Å². The molecule has 1 aromatic rings. The van der Waals surface area contributed by atoms with Gasteiger partial charge in [-0.1, -0.05) is 6.07 Å². The number of hydrogen-bond acceptors (Lipinski definition) is 3. The van der Waals surface area contributed by atoms with Crippen LogP contribution in [0.3, 0.4) is 0 Å². The van der Waals surface area contributed by atoms with E-state index in [0.717, 1.165) is 6.07 Å². The Bertz CT molecular complexity index is 501. The van der Waals surface area contributed by atoms with Gasteiger partial charge in [0.05, 0.1) is 23.9 Å². The molecule has 2 amide bonds. The van der Waals surface area contributed by atoms with Crippen molar-refractivity contribution in [3.63, 3.8) is 0 Å². The van der Waals surface area contributed by atoms with Gasteiger partial charge in [0, 0.05) is 6.61 Å². The molecule has 3 N–H and O–H groups in total. The monoisotopic (exact) mass is 268 g/mol. The molecule has 19 heavy (non-hydrogen) atoms. The lowest BCUT2D eigenvalue weighted by Gasteiger charge is -2.13. The number of hydrogen-bond donors (Lipinski definition) is 3. The van der Waals surface area contributed by atoms with Gasteiger partial charge in [0.2, 0.25) is 0 Å². The van der Waals surface area contributed by atoms with Crippen molar-refractivity contribution >= 4 is 17.7 Å². The lowest BCUT2D eigenvalue weighted by atomic mass is 10.1. The number of ether oxygens (including phenoxy) is 1. The third-order valence-electron chi connectivity index (χ3n) is 2.75. The molecule has 1 aromatic carbocycles. The maximum atomic E-state index is 13.6. The molecule has 0 saturated carbocycles. The molecule has 1 aliphatic rings. The van der Waals surface area contributed by atoms with Crippen LogP contribution in [-0.2, 0) is 4.74 Å². The summed E-state index contributed by atoms with van der Waals surface area (Å²) in [6.07, 6.45) is 0.677. The number of urea groups is 1. The Morgan fingerprint density at radius 1 is 1.42 bits per heavy atom. The van der Waals surface area contributed by atoms with Crippen LogP contribution in [0, 0.1) is 5.82 Å². The zero-order chi connectivity index (χ0) is 13.8. The van der Waals surface area contributed by atoms with E-state index in [1.807, 2.05) is 0 Å². The molecule has 0 aromatic heterocycles. The van der Waals surface area contributed by atoms with E-state index in [4.69, 9.17) is 9.84 Å². The summed E-state index contributed by atoms with van der Waals surface area (Å²) in [5.74, 6) is -2.10. The topological polar surface area (TPSA) is 87.7 Å². The number of rotatable bonds is 3. The average Bonchev–Trinajstić information content (AvgIpc) is 2.84. The van der Waals surface area contributed by atoms with Crippen LogP contribution >= 0.6 is 0 Å². The molecule has 6 nitrogen and oxygen atoms in total. The van der Waals surface area contributed by atoms with E-state index in [9.17, 15) is 14.0 Å². The smallest absolute Gasteiger partial charge is 0.337 e. The number of para-hydroxylation sites is 1. The highest BCUT2D eigenvalue weighted by Crippen LogP contribution is 2.19. The second-order valence-corrected chi connectivity index (χ2v) is 4.13. The van der Waals surface area contributed by atoms with Crippen LogP contribution in [0.1, 0.15) is 16.8 Å². The number of amides is 2. The van der Waals surface area contributed by atoms with Gasteiger partial charge in [-0.05, 0) is 18.6 Å². The summed E-state index contributed by atoms with van der Waals surface area (Å²) in [6.45, 7) is 0.960. The van der Waals surface area contributed by atoms with E-state index in [-0.39, 0.29) is 17.3 Å². The quantitative estimate of drug-likeness (QED) is 0.774. The van der Waals surface area contributed by atoms with Crippen LogP contribution < -0.4 is 10.6 Å². The van der Waals surface area contributed by atoms with Gasteiger partial charge in [-0.15, -0.1) is 0 Å². The maximum Gasteiger partial charge on any atom is 0.337 e. The summed E-state index contributed by atoms with van der Waals surface area (Å²) in [6, 6.07) is 2.79. The Balaban J connectivity index is 2.09. The van der Waals surface area contributed by atoms with E-state index in [0.29, 0.717) is 19.6 Å². The summed E-state index contributed by atoms with van der Waals surface area (Å²) in [4.78, 5) is 22.6. The normalized spacial score (nSPS) is 18.1. The molecule has 1 fully saturated rings. The Kier molecular flexibility index (Phi) is 3.96. The SMILES string of the molecule is O=C(Nc1c(F)cccc1C(=O)O)NC1CCOC1. The number of halogens is 1. The fourth-order valence-corrected chi connectivity index (χ4v) is 1.81. The van der Waals surface area contributed by atoms with Gasteiger partial charge >= 0.3 is 12.0 Å². The summed E-state index contributed by atoms with van der Waals surface area (Å²) in [5.41, 5.74) is -0.635. The molecule has 1 atom stereocenters. The van der Waals surface area contributed by atoms with Gasteiger partial charge in [0.1, 0.15) is 5.82 Å². The minimum absolute atomic E-state index is 0.139. The van der Waals surface area contributed by atoms with Crippen molar-refractivity contribution in [2.24, 2.45) is 0 Å². The number of anilines is 1. The molecular weight excluding hydrogens is 255 g/mol. The highest BCUT2D eigenvalue weighted by molar-refractivity contribution is 6.00. The second-order valence-electron chi connectivity index (χ2n) is 4.13. The van der Waals surface area contributed by atoms with Gasteiger partial charge in [-0.2, -0.15) is 0 Å². The first kappa shape index (κ1) is 13.3. The summed E-state index contributed by atoms with van der Waals surface area (Å²) >= 11 is 0. The zero-order valence-corrected chi connectivity index (χ0v) is 9.98. The summed E-state index contributed by atoms with van der Waals surface area (Å²) in [7, 11) is 0. The fourth-order valence-electron chi connectivity index (χ4n) is 1.81. The van der Waals surface area contributed by atoms with Crippen molar-refractivity contribution in [3.8, 4) is 0 Å². The van der Waals surface area contributed by atoms with Gasteiger partial charge < -0.3 is 20.5 Å². The first-order chi connectivity index (χ1) is 9.08. The van der Waals surface area contributed by atoms with Crippen LogP contribution in [0.15, 0.2) is 18.2 Å². The number of carbonyl (C=O) groups is 2. The molecular formula is C12H13FN2O4. The molecule has 0 spiro atoms. The van der Waals surface area contributed by atoms with Crippen molar-refractivity contribution in [2.45, 2.75) is 12.5 Å². The van der Waals surface area contributed by atoms with E-state index in [1.54, 1.807) is 0 Å². The molecule has 1 aliphatic heterocycles. The largest absolute Gasteiger partial charge is 0.478 e. The Hall–Kier alpha value is -2.15. The fraction of sp³-hybridized carbons (Fsp3) is 0.333. The highest BCUT2D eigenvalue weighted by Gasteiger charge is 2.20. The summed E-state index contributed by atoms with van der Waals surface area (Å²) < 4.78 is 18.6. The van der Waals surface area contributed by atoms with Crippen LogP contribution in [-0.4, -0.2) is 36.4 Å². The standard InChI is InChI=1S/C12H13FN2O4/c13-9-3-1-2-8(11(16)17)10(9)15-12(18)14-7-4-5-19-6-7/h1-3,7H,4-6H2,(H,16,17)(H2,14,15,18). The van der Waals surface area contributed by atoms with E-state index in [2.05, 4.69) is 10.6 Å². The van der Waals surface area contributed by atoms with E-state index >= 15 is 0 Å². The minimum atomic E-state index is -1.31. The van der Waals surface area contributed by atoms with E-state index in [1.165, 1.54) is 12.1 Å². The molecule has 1 unspecified atom stereocenters. The van der Waals surface area contributed by atoms with Crippen molar-refractivity contribution in [1.29, 1.82) is 0 Å². The Morgan fingerprint density at radius 2 is 2.21 bits per heavy atom. The van der Waals surface area contributed by atoms with Crippen LogP contribution in [0.4, 0.5) is 14.9 Å². The van der Waals surface area contributed by atoms with Crippen LogP contribution in [0.5, 0.6) is 0 Å². The molecule has 0 bridgehead atoms. The number of carboxylic acid groups (broad SMARTS) is 1. The predicted molar refractivity (Wildman–Crippen MR) is 64.7 cm³/mol. The number of aromatic carboxylic acids is 1. The average molecular weight is 268 g/mol. The molecule has 0 radical (unpaired) electrons. The first-order valence-corrected chi connectivity index (χ1v) is 5.75. The molecule has 7 heteroatoms. The number of carbonyl (C=O) groups excluding carboxylic acids is 1. The molecule has 1 heterocycles. The van der Waals surface area contributed by atoms with Gasteiger partial charge in [-0.3, -0.25) is 0 Å². The molecule has 0 aliphatic carbocycles. The van der Waals surface area contributed by atoms with Crippen molar-refractivity contribution in [2.75, 3.05) is 18.5 Å². The Morgan fingerprint density at radius 3 is 2.84 bits per heavy atom. The third-order valence-corrected chi connectivity index (χ3v) is 2.75. The lowest BCUT2D eigenvalue weighted by Crippen LogP contribution is -2.38. The number of carboxylic acids is 1. The van der Waals surface area contributed by atoms with Gasteiger partial charge in [0.25, 0.3) is 0 Å². The Labute approximate surface area is 108 Å². The van der Waals surface area contributed by atoms with Crippen molar-refractivity contribution in [1.82, 2.24) is 5.32 Å². The van der Waals surface area contributed by atoms with Gasteiger partial charge in [0.15, 0.2) is 0 Å². The molecule has 1 saturated heterocycles. The lowest BCUT2D eigenvalue weighted by molar-refractivity contribution is 0.0697. The van der Waals surface area contributed by atoms with Crippen LogP contribution in [0.2, 0.25) is 0 Å². The second kappa shape index (κ2) is 5.66.